The minimum absolute atomic E-state index is 0.265. The minimum atomic E-state index is -2.35. The fraction of sp³-hybridized carbons (Fsp3) is 0.236. The summed E-state index contributed by atoms with van der Waals surface area (Å²) in [5.41, 5.74) is 26.4. The van der Waals surface area contributed by atoms with E-state index >= 15 is 0 Å². The fourth-order valence-electron chi connectivity index (χ4n) is 19.8. The summed E-state index contributed by atoms with van der Waals surface area (Å²) in [7, 11) is 16.3. The van der Waals surface area contributed by atoms with Gasteiger partial charge in [0.15, 0.2) is 24.8 Å². The third kappa shape index (κ3) is 12.8. The maximum absolute atomic E-state index is 9.33. The molecule has 0 amide bonds. The van der Waals surface area contributed by atoms with Crippen molar-refractivity contribution in [1.29, 1.82) is 0 Å². The van der Waals surface area contributed by atoms with E-state index in [4.69, 9.17) is 16.4 Å². The third-order valence-corrected chi connectivity index (χ3v) is 25.8. The van der Waals surface area contributed by atoms with Crippen LogP contribution in [0.3, 0.4) is 0 Å². The molecule has 8 heterocycles. The largest absolute Gasteiger partial charge is 0.338 e. The monoisotopic (exact) mass is 1560 g/mol. The van der Waals surface area contributed by atoms with Crippen molar-refractivity contribution < 1.29 is 36.1 Å². The van der Waals surface area contributed by atoms with Crippen molar-refractivity contribution in [2.75, 3.05) is 0 Å². The van der Waals surface area contributed by atoms with Crippen molar-refractivity contribution in [1.82, 2.24) is 18.3 Å². The summed E-state index contributed by atoms with van der Waals surface area (Å²) in [6, 6.07) is 77.0. The van der Waals surface area contributed by atoms with E-state index in [9.17, 15) is 1.37 Å². The second kappa shape index (κ2) is 29.6. The number of aryl methyl sites for hydroxylation is 18. The van der Waals surface area contributed by atoms with Gasteiger partial charge in [0.05, 0.1) is 22.3 Å². The molecular formula is C110H110N8+4. The molecule has 20 aromatic rings. The topological polar surface area (TPSA) is 35.2 Å². The van der Waals surface area contributed by atoms with Crippen LogP contribution in [0.1, 0.15) is 124 Å². The predicted molar refractivity (Wildman–Crippen MR) is 501 cm³/mol. The molecule has 8 aromatic heterocycles. The van der Waals surface area contributed by atoms with Gasteiger partial charge in [-0.1, -0.05) is 194 Å². The summed E-state index contributed by atoms with van der Waals surface area (Å²) in [6.45, 7) is 8.09. The van der Waals surface area contributed by atoms with Crippen molar-refractivity contribution in [3.63, 3.8) is 0 Å². The molecule has 0 atom stereocenters. The predicted octanol–water partition coefficient (Wildman–Crippen LogP) is 25.7. The SMILES string of the molecule is Cc1ccc(-c2c3c(c(C)c[n+]2C)c2c4ccccc4ccc2n3C)c(C)c1.Cc1ccccc1-c1c2c(cc[n+]1C)c1c3ccccc3ccc1n2C.[2H]C([2H])([2H])c1ccc(-c2c3c(c(C([2H])([2H])[2H])c[n+]2C)c2c4ccccc4ccc2n3C)c(C)c1.[2H]C([2H])([2H])c1ccc(-c2c3c(c(C([2H])([2H])[2H])c[n+]2C)c2cc4cc(C5([2H])CCC(C)(C)CC5)ccc4cc2n3C)c(C)c1. The number of hydrogen-bond donors (Lipinski definition) is 0. The lowest BCUT2D eigenvalue weighted by Gasteiger charge is -2.34. The van der Waals surface area contributed by atoms with Crippen molar-refractivity contribution in [3.05, 3.63) is 310 Å². The Labute approximate surface area is 712 Å². The Morgan fingerprint density at radius 1 is 0.314 bits per heavy atom. The Kier molecular flexibility index (Phi) is 15.7. The van der Waals surface area contributed by atoms with E-state index in [1.807, 2.05) is 93.6 Å². The molecule has 0 bridgehead atoms. The van der Waals surface area contributed by atoms with Crippen LogP contribution in [0.4, 0.5) is 0 Å². The van der Waals surface area contributed by atoms with Gasteiger partial charge in [0, 0.05) is 134 Å². The lowest BCUT2D eigenvalue weighted by molar-refractivity contribution is -0.659. The number of benzene rings is 12. The Morgan fingerprint density at radius 3 is 1.25 bits per heavy atom. The molecule has 0 unspecified atom stereocenters. The number of nitrogens with zero attached hydrogens (tertiary/aromatic N) is 8. The highest BCUT2D eigenvalue weighted by Gasteiger charge is 2.32. The van der Waals surface area contributed by atoms with Crippen LogP contribution in [0.15, 0.2) is 249 Å². The van der Waals surface area contributed by atoms with E-state index in [1.54, 1.807) is 36.7 Å². The Balaban J connectivity index is 0.000000119. The summed E-state index contributed by atoms with van der Waals surface area (Å²) < 4.78 is 124. The first-order chi connectivity index (χ1) is 61.9. The molecule has 0 radical (unpaired) electrons. The fourth-order valence-corrected chi connectivity index (χ4v) is 19.8. The van der Waals surface area contributed by atoms with E-state index in [-0.39, 0.29) is 22.1 Å². The summed E-state index contributed by atoms with van der Waals surface area (Å²) >= 11 is 0. The Morgan fingerprint density at radius 2 is 0.729 bits per heavy atom. The molecule has 8 nitrogen and oxygen atoms in total. The summed E-state index contributed by atoms with van der Waals surface area (Å²) in [4.78, 5) is 0. The first-order valence-corrected chi connectivity index (χ1v) is 41.1. The molecular weight excluding hydrogens is 1430 g/mol. The van der Waals surface area contributed by atoms with Gasteiger partial charge in [-0.05, 0) is 231 Å². The second-order valence-corrected chi connectivity index (χ2v) is 34.2. The van der Waals surface area contributed by atoms with Crippen LogP contribution < -0.4 is 18.3 Å². The lowest BCUT2D eigenvalue weighted by atomic mass is 9.71. The molecule has 0 saturated heterocycles. The van der Waals surface area contributed by atoms with E-state index in [1.165, 1.54) is 110 Å². The number of pyridine rings is 4. The zero-order valence-electron chi connectivity index (χ0n) is 83.6. The summed E-state index contributed by atoms with van der Waals surface area (Å²) in [6.07, 6.45) is 11.5. The first-order valence-electron chi connectivity index (χ1n) is 47.6. The van der Waals surface area contributed by atoms with Gasteiger partial charge >= 0.3 is 0 Å². The van der Waals surface area contributed by atoms with Gasteiger partial charge in [-0.2, -0.15) is 18.3 Å². The normalized spacial score (nSPS) is 15.5. The van der Waals surface area contributed by atoms with Crippen molar-refractivity contribution in [2.24, 2.45) is 61.8 Å². The Hall–Kier alpha value is -12.5. The smallest absolute Gasteiger partial charge is 0.237 e. The number of rotatable bonds is 5. The van der Waals surface area contributed by atoms with Crippen molar-refractivity contribution >= 4 is 130 Å². The molecule has 21 rings (SSSR count). The molecule has 0 spiro atoms. The minimum Gasteiger partial charge on any atom is -0.338 e. The molecule has 1 fully saturated rings. The van der Waals surface area contributed by atoms with Crippen LogP contribution in [0.25, 0.3) is 175 Å². The van der Waals surface area contributed by atoms with Crippen LogP contribution in [-0.4, -0.2) is 18.3 Å². The zero-order chi connectivity index (χ0) is 93.3. The maximum Gasteiger partial charge on any atom is 0.237 e. The van der Waals surface area contributed by atoms with Crippen molar-refractivity contribution in [3.8, 4) is 45.0 Å². The molecule has 8 heteroatoms. The number of fused-ring (bicyclic) bond motifs is 19. The van der Waals surface area contributed by atoms with Crippen LogP contribution in [0.5, 0.6) is 0 Å². The molecule has 0 N–H and O–H groups in total. The molecule has 0 aliphatic heterocycles. The van der Waals surface area contributed by atoms with Crippen LogP contribution >= 0.6 is 0 Å². The van der Waals surface area contributed by atoms with Crippen LogP contribution in [0, 0.1) is 74.4 Å². The standard InChI is InChI=1S/C34H39N2.2C26H25N2.C24H21N2/c1-21-8-11-28(22(2)16-21)32-33-31(23(3)20-35(32)6)29-18-27-17-25(24-12-14-34(4,5)15-13-24)9-10-26(27)19-30(29)36(33)7;2*1-16-10-12-20(17(2)14-16)25-26-23(18(3)15-27(25)4)24-21-9-7-6-8-19(21)11-13-22(24)28(26)5;1-16-8-4-6-10-18(16)23-24-20(14-15-25(23)2)22-19-11-7-5-9-17(19)12-13-21(22)26(24)3/h8-11,16-20,24H,12-15H2,1-7H3;2*6-15H,1-5H3;4-15H,1-3H3/q4*+1/i1D3,3D3,24D;1D3,3D3;;. The van der Waals surface area contributed by atoms with Gasteiger partial charge in [0.25, 0.3) is 0 Å². The average molecular weight is 1560 g/mol. The highest BCUT2D eigenvalue weighted by atomic mass is 15.0. The third-order valence-electron chi connectivity index (χ3n) is 25.8. The van der Waals surface area contributed by atoms with Gasteiger partial charge in [0.2, 0.25) is 22.8 Å². The van der Waals surface area contributed by atoms with Gasteiger partial charge in [-0.15, -0.1) is 0 Å². The first kappa shape index (κ1) is 62.7. The van der Waals surface area contributed by atoms with Crippen LogP contribution in [0.2, 0.25) is 0 Å². The van der Waals surface area contributed by atoms with E-state index in [0.717, 1.165) is 119 Å². The van der Waals surface area contributed by atoms with E-state index in [2.05, 4.69) is 267 Å². The average Bonchev–Trinajstić information content (AvgIpc) is 1.48. The summed E-state index contributed by atoms with van der Waals surface area (Å²) in [5, 5.41) is 17.9. The summed E-state index contributed by atoms with van der Waals surface area (Å²) in [5.74, 6) is -0.624. The van der Waals surface area contributed by atoms with Gasteiger partial charge < -0.3 is 18.3 Å². The quantitative estimate of drug-likeness (QED) is 0.154. The Bertz CT molecular complexity index is 8140. The zero-order valence-corrected chi connectivity index (χ0v) is 70.6. The molecule has 12 aromatic carbocycles. The molecule has 118 heavy (non-hydrogen) atoms. The van der Waals surface area contributed by atoms with E-state index < -0.39 is 33.3 Å². The second-order valence-electron chi connectivity index (χ2n) is 34.2. The van der Waals surface area contributed by atoms with Gasteiger partial charge in [-0.3, -0.25) is 0 Å². The highest BCUT2D eigenvalue weighted by Crippen LogP contribution is 2.47. The van der Waals surface area contributed by atoms with Gasteiger partial charge in [0.1, 0.15) is 50.3 Å². The number of hydrogen-bond acceptors (Lipinski definition) is 0. The maximum atomic E-state index is 9.33. The molecule has 1 saturated carbocycles. The molecule has 1 aliphatic carbocycles. The lowest BCUT2D eigenvalue weighted by Crippen LogP contribution is -2.32. The number of aromatic nitrogens is 8. The van der Waals surface area contributed by atoms with Gasteiger partial charge in [-0.25, -0.2) is 0 Å². The molecule has 1 aliphatic rings. The van der Waals surface area contributed by atoms with Crippen LogP contribution in [-0.2, 0) is 56.4 Å². The van der Waals surface area contributed by atoms with E-state index in [0.29, 0.717) is 16.3 Å². The highest BCUT2D eigenvalue weighted by molar-refractivity contribution is 6.26. The molecule has 586 valence electrons. The van der Waals surface area contributed by atoms with Crippen molar-refractivity contribution in [2.45, 2.75) is 114 Å².